The number of carbonyl (C=O) groups excluding carboxylic acids is 1. The zero-order valence-electron chi connectivity index (χ0n) is 7.76. The SMILES string of the molecule is Cc1ncsc1C(=O)c1ncnn1C. The van der Waals surface area contributed by atoms with E-state index in [1.54, 1.807) is 19.5 Å². The molecule has 2 aromatic heterocycles. The fraction of sp³-hybridized carbons (Fsp3) is 0.250. The van der Waals surface area contributed by atoms with Gasteiger partial charge in [0.2, 0.25) is 5.78 Å². The van der Waals surface area contributed by atoms with Crippen molar-refractivity contribution >= 4 is 17.1 Å². The van der Waals surface area contributed by atoms with E-state index in [4.69, 9.17) is 0 Å². The predicted octanol–water partition coefficient (Wildman–Crippen LogP) is 0.811. The Morgan fingerprint density at radius 2 is 2.29 bits per heavy atom. The van der Waals surface area contributed by atoms with E-state index in [-0.39, 0.29) is 5.78 Å². The molecule has 0 aliphatic carbocycles. The molecular weight excluding hydrogens is 200 g/mol. The lowest BCUT2D eigenvalue weighted by Gasteiger charge is -1.96. The summed E-state index contributed by atoms with van der Waals surface area (Å²) in [4.78, 5) is 20.4. The largest absolute Gasteiger partial charge is 0.284 e. The van der Waals surface area contributed by atoms with Gasteiger partial charge in [0, 0.05) is 7.05 Å². The maximum atomic E-state index is 11.9. The quantitative estimate of drug-likeness (QED) is 0.685. The number of rotatable bonds is 2. The summed E-state index contributed by atoms with van der Waals surface area (Å²) in [5.74, 6) is 0.224. The molecule has 0 amide bonds. The molecule has 0 saturated carbocycles. The number of hydrogen-bond donors (Lipinski definition) is 0. The summed E-state index contributed by atoms with van der Waals surface area (Å²) >= 11 is 1.32. The van der Waals surface area contributed by atoms with Gasteiger partial charge in [-0.3, -0.25) is 4.79 Å². The van der Waals surface area contributed by atoms with Gasteiger partial charge in [-0.1, -0.05) is 0 Å². The molecule has 0 saturated heterocycles. The number of hydrogen-bond acceptors (Lipinski definition) is 5. The molecule has 2 rings (SSSR count). The topological polar surface area (TPSA) is 60.7 Å². The third-order valence-electron chi connectivity index (χ3n) is 1.87. The van der Waals surface area contributed by atoms with E-state index in [0.717, 1.165) is 5.69 Å². The molecule has 72 valence electrons. The number of ketones is 1. The first kappa shape index (κ1) is 9.01. The first-order valence-corrected chi connectivity index (χ1v) is 4.87. The molecule has 0 N–H and O–H groups in total. The summed E-state index contributed by atoms with van der Waals surface area (Å²) in [5, 5.41) is 3.85. The van der Waals surface area contributed by atoms with E-state index >= 15 is 0 Å². The summed E-state index contributed by atoms with van der Waals surface area (Å²) in [6.45, 7) is 1.81. The van der Waals surface area contributed by atoms with Crippen LogP contribution in [0.3, 0.4) is 0 Å². The number of nitrogens with zero attached hydrogens (tertiary/aromatic N) is 4. The van der Waals surface area contributed by atoms with Crippen LogP contribution >= 0.6 is 11.3 Å². The van der Waals surface area contributed by atoms with E-state index in [9.17, 15) is 4.79 Å². The van der Waals surface area contributed by atoms with E-state index < -0.39 is 0 Å². The molecule has 0 aromatic carbocycles. The number of thiazole rings is 1. The van der Waals surface area contributed by atoms with Gasteiger partial charge in [-0.15, -0.1) is 11.3 Å². The zero-order chi connectivity index (χ0) is 10.1. The van der Waals surface area contributed by atoms with E-state index in [0.29, 0.717) is 10.7 Å². The molecule has 0 radical (unpaired) electrons. The lowest BCUT2D eigenvalue weighted by molar-refractivity contribution is 0.102. The molecule has 0 bridgehead atoms. The minimum atomic E-state index is -0.120. The van der Waals surface area contributed by atoms with Gasteiger partial charge < -0.3 is 0 Å². The van der Waals surface area contributed by atoms with Crippen molar-refractivity contribution in [3.63, 3.8) is 0 Å². The third-order valence-corrected chi connectivity index (χ3v) is 2.79. The molecule has 0 aliphatic rings. The number of carbonyl (C=O) groups is 1. The van der Waals surface area contributed by atoms with Gasteiger partial charge in [0.1, 0.15) is 11.2 Å². The standard InChI is InChI=1S/C8H8N4OS/c1-5-7(14-4-10-5)6(13)8-9-3-11-12(8)2/h3-4H,1-2H3. The average Bonchev–Trinajstić information content (AvgIpc) is 2.73. The molecule has 0 aliphatic heterocycles. The van der Waals surface area contributed by atoms with Gasteiger partial charge in [0.15, 0.2) is 5.82 Å². The Bertz CT molecular complexity index is 431. The fourth-order valence-electron chi connectivity index (χ4n) is 1.12. The van der Waals surface area contributed by atoms with Gasteiger partial charge in [-0.2, -0.15) is 5.10 Å². The van der Waals surface area contributed by atoms with Crippen molar-refractivity contribution in [2.24, 2.45) is 7.05 Å². The molecule has 2 aromatic rings. The first-order valence-electron chi connectivity index (χ1n) is 3.99. The minimum Gasteiger partial charge on any atom is -0.284 e. The fourth-order valence-corrected chi connectivity index (χ4v) is 1.86. The van der Waals surface area contributed by atoms with Gasteiger partial charge >= 0.3 is 0 Å². The Kier molecular flexibility index (Phi) is 2.12. The van der Waals surface area contributed by atoms with Crippen molar-refractivity contribution in [3.05, 3.63) is 28.2 Å². The lowest BCUT2D eigenvalue weighted by atomic mass is 10.2. The zero-order valence-corrected chi connectivity index (χ0v) is 8.58. The van der Waals surface area contributed by atoms with Crippen molar-refractivity contribution in [1.29, 1.82) is 0 Å². The molecule has 0 fully saturated rings. The Balaban J connectivity index is 2.44. The van der Waals surface area contributed by atoms with Crippen LogP contribution in [0, 0.1) is 6.92 Å². The second-order valence-corrected chi connectivity index (χ2v) is 3.66. The van der Waals surface area contributed by atoms with Crippen molar-refractivity contribution < 1.29 is 4.79 Å². The van der Waals surface area contributed by atoms with Crippen molar-refractivity contribution in [1.82, 2.24) is 19.7 Å². The van der Waals surface area contributed by atoms with Crippen LogP contribution in [0.2, 0.25) is 0 Å². The third kappa shape index (κ3) is 1.33. The van der Waals surface area contributed by atoms with Crippen molar-refractivity contribution in [3.8, 4) is 0 Å². The Morgan fingerprint density at radius 3 is 2.79 bits per heavy atom. The normalized spacial score (nSPS) is 10.4. The summed E-state index contributed by atoms with van der Waals surface area (Å²) < 4.78 is 1.46. The molecule has 0 atom stereocenters. The highest BCUT2D eigenvalue weighted by atomic mass is 32.1. The van der Waals surface area contributed by atoms with Crippen LogP contribution in [-0.4, -0.2) is 25.5 Å². The van der Waals surface area contributed by atoms with Crippen molar-refractivity contribution in [2.75, 3.05) is 0 Å². The Labute approximate surface area is 84.4 Å². The van der Waals surface area contributed by atoms with Crippen LogP contribution in [0.1, 0.15) is 21.2 Å². The van der Waals surface area contributed by atoms with Gasteiger partial charge in [-0.05, 0) is 6.92 Å². The van der Waals surface area contributed by atoms with Crippen LogP contribution in [0.4, 0.5) is 0 Å². The molecule has 2 heterocycles. The lowest BCUT2D eigenvalue weighted by Crippen LogP contribution is -2.09. The highest BCUT2D eigenvalue weighted by Gasteiger charge is 2.18. The second kappa shape index (κ2) is 3.30. The number of aromatic nitrogens is 4. The second-order valence-electron chi connectivity index (χ2n) is 2.80. The van der Waals surface area contributed by atoms with Crippen molar-refractivity contribution in [2.45, 2.75) is 6.92 Å². The van der Waals surface area contributed by atoms with Crippen LogP contribution < -0.4 is 0 Å². The summed E-state index contributed by atoms with van der Waals surface area (Å²) in [6.07, 6.45) is 1.36. The number of aryl methyl sites for hydroxylation is 2. The first-order chi connectivity index (χ1) is 6.70. The van der Waals surface area contributed by atoms with Gasteiger partial charge in [0.05, 0.1) is 11.2 Å². The highest BCUT2D eigenvalue weighted by molar-refractivity contribution is 7.12. The molecule has 6 heteroatoms. The van der Waals surface area contributed by atoms with Crippen LogP contribution in [0.15, 0.2) is 11.8 Å². The molecule has 5 nitrogen and oxygen atoms in total. The molecule has 0 spiro atoms. The van der Waals surface area contributed by atoms with E-state index in [1.165, 1.54) is 22.3 Å². The molecular formula is C8H8N4OS. The summed E-state index contributed by atoms with van der Waals surface area (Å²) in [5.41, 5.74) is 2.39. The van der Waals surface area contributed by atoms with Gasteiger partial charge in [-0.25, -0.2) is 14.6 Å². The average molecular weight is 208 g/mol. The molecule has 14 heavy (non-hydrogen) atoms. The van der Waals surface area contributed by atoms with Crippen LogP contribution in [0.25, 0.3) is 0 Å². The maximum Gasteiger partial charge on any atom is 0.241 e. The molecule has 0 unspecified atom stereocenters. The van der Waals surface area contributed by atoms with E-state index in [1.807, 2.05) is 0 Å². The van der Waals surface area contributed by atoms with Crippen LogP contribution in [-0.2, 0) is 7.05 Å². The predicted molar refractivity (Wildman–Crippen MR) is 51.3 cm³/mol. The maximum absolute atomic E-state index is 11.9. The van der Waals surface area contributed by atoms with Gasteiger partial charge in [0.25, 0.3) is 0 Å². The van der Waals surface area contributed by atoms with E-state index in [2.05, 4.69) is 15.1 Å². The summed E-state index contributed by atoms with van der Waals surface area (Å²) in [7, 11) is 1.69. The highest BCUT2D eigenvalue weighted by Crippen LogP contribution is 2.15. The monoisotopic (exact) mass is 208 g/mol. The Morgan fingerprint density at radius 1 is 1.50 bits per heavy atom. The minimum absolute atomic E-state index is 0.120. The summed E-state index contributed by atoms with van der Waals surface area (Å²) in [6, 6.07) is 0. The smallest absolute Gasteiger partial charge is 0.241 e. The Hall–Kier alpha value is -1.56. The van der Waals surface area contributed by atoms with Crippen LogP contribution in [0.5, 0.6) is 0 Å².